The number of hydrogen-bond acceptors (Lipinski definition) is 5. The zero-order valence-corrected chi connectivity index (χ0v) is 15.9. The van der Waals surface area contributed by atoms with Gasteiger partial charge < -0.3 is 24.4 Å². The number of amides is 1. The number of nitrogens with zero attached hydrogens (tertiary/aromatic N) is 2. The van der Waals surface area contributed by atoms with Crippen LogP contribution in [0.3, 0.4) is 0 Å². The molecule has 6 nitrogen and oxygen atoms in total. The first-order valence-corrected chi connectivity index (χ1v) is 9.13. The van der Waals surface area contributed by atoms with Crippen molar-refractivity contribution in [1.82, 2.24) is 4.90 Å². The predicted octanol–water partition coefficient (Wildman–Crippen LogP) is 2.69. The molecule has 1 N–H and O–H groups in total. The summed E-state index contributed by atoms with van der Waals surface area (Å²) < 4.78 is 10.6. The van der Waals surface area contributed by atoms with Gasteiger partial charge in [0, 0.05) is 38.7 Å². The molecule has 0 saturated carbocycles. The van der Waals surface area contributed by atoms with Crippen LogP contribution in [0.15, 0.2) is 42.5 Å². The molecule has 27 heavy (non-hydrogen) atoms. The van der Waals surface area contributed by atoms with Crippen LogP contribution >= 0.6 is 0 Å². The number of para-hydroxylation sites is 2. The third kappa shape index (κ3) is 4.64. The van der Waals surface area contributed by atoms with Crippen LogP contribution in [0.25, 0.3) is 0 Å². The SMILES string of the molecule is COc1cc(CCC(=O)N2CCN(c3ccccc3O)CC2)cc(OC)c1. The number of hydrogen-bond donors (Lipinski definition) is 1. The molecule has 0 atom stereocenters. The van der Waals surface area contributed by atoms with E-state index in [1.807, 2.05) is 41.3 Å². The Bertz CT molecular complexity index is 763. The number of phenols is 1. The summed E-state index contributed by atoms with van der Waals surface area (Å²) in [7, 11) is 3.24. The van der Waals surface area contributed by atoms with Crippen molar-refractivity contribution in [3.8, 4) is 17.2 Å². The maximum Gasteiger partial charge on any atom is 0.223 e. The first-order valence-electron chi connectivity index (χ1n) is 9.13. The molecular weight excluding hydrogens is 344 g/mol. The van der Waals surface area contributed by atoms with E-state index in [4.69, 9.17) is 9.47 Å². The highest BCUT2D eigenvalue weighted by Gasteiger charge is 2.22. The summed E-state index contributed by atoms with van der Waals surface area (Å²) in [5, 5.41) is 9.99. The number of benzene rings is 2. The van der Waals surface area contributed by atoms with Crippen molar-refractivity contribution in [2.45, 2.75) is 12.8 Å². The van der Waals surface area contributed by atoms with Crippen molar-refractivity contribution in [1.29, 1.82) is 0 Å². The van der Waals surface area contributed by atoms with Crippen LogP contribution in [0, 0.1) is 0 Å². The Hall–Kier alpha value is -2.89. The highest BCUT2D eigenvalue weighted by molar-refractivity contribution is 5.77. The van der Waals surface area contributed by atoms with Gasteiger partial charge in [0.25, 0.3) is 0 Å². The lowest BCUT2D eigenvalue weighted by Gasteiger charge is -2.36. The zero-order valence-electron chi connectivity index (χ0n) is 15.9. The summed E-state index contributed by atoms with van der Waals surface area (Å²) in [5.41, 5.74) is 1.85. The molecule has 0 aliphatic carbocycles. The normalized spacial score (nSPS) is 14.1. The average Bonchev–Trinajstić information content (AvgIpc) is 2.72. The lowest BCUT2D eigenvalue weighted by atomic mass is 10.1. The summed E-state index contributed by atoms with van der Waals surface area (Å²) in [5.74, 6) is 1.89. The first kappa shape index (κ1) is 18.9. The molecule has 2 aromatic rings. The monoisotopic (exact) mass is 370 g/mol. The van der Waals surface area contributed by atoms with Gasteiger partial charge in [0.15, 0.2) is 0 Å². The number of phenolic OH excluding ortho intramolecular Hbond substituents is 1. The van der Waals surface area contributed by atoms with E-state index in [0.29, 0.717) is 25.9 Å². The maximum absolute atomic E-state index is 12.6. The van der Waals surface area contributed by atoms with Gasteiger partial charge in [0.05, 0.1) is 19.9 Å². The predicted molar refractivity (Wildman–Crippen MR) is 105 cm³/mol. The van der Waals surface area contributed by atoms with Crippen LogP contribution in [0.2, 0.25) is 0 Å². The summed E-state index contributed by atoms with van der Waals surface area (Å²) in [6, 6.07) is 13.0. The highest BCUT2D eigenvalue weighted by atomic mass is 16.5. The zero-order chi connectivity index (χ0) is 19.2. The fourth-order valence-corrected chi connectivity index (χ4v) is 3.35. The molecule has 0 bridgehead atoms. The third-order valence-corrected chi connectivity index (χ3v) is 4.89. The van der Waals surface area contributed by atoms with E-state index in [2.05, 4.69) is 4.90 Å². The van der Waals surface area contributed by atoms with Crippen molar-refractivity contribution < 1.29 is 19.4 Å². The van der Waals surface area contributed by atoms with E-state index >= 15 is 0 Å². The second-order valence-electron chi connectivity index (χ2n) is 6.58. The Morgan fingerprint density at radius 1 is 1.00 bits per heavy atom. The molecule has 1 aliphatic heterocycles. The van der Waals surface area contributed by atoms with Crippen molar-refractivity contribution in [3.63, 3.8) is 0 Å². The van der Waals surface area contributed by atoms with E-state index in [1.54, 1.807) is 20.3 Å². The van der Waals surface area contributed by atoms with Gasteiger partial charge in [-0.25, -0.2) is 0 Å². The summed E-state index contributed by atoms with van der Waals surface area (Å²) in [6.45, 7) is 2.76. The summed E-state index contributed by atoms with van der Waals surface area (Å²) >= 11 is 0. The second kappa shape index (κ2) is 8.66. The molecule has 144 valence electrons. The van der Waals surface area contributed by atoms with Crippen molar-refractivity contribution in [2.75, 3.05) is 45.3 Å². The van der Waals surface area contributed by atoms with E-state index < -0.39 is 0 Å². The Kier molecular flexibility index (Phi) is 6.06. The number of methoxy groups -OCH3 is 2. The molecule has 1 aliphatic rings. The summed E-state index contributed by atoms with van der Waals surface area (Å²) in [4.78, 5) is 16.6. The standard InChI is InChI=1S/C21H26N2O4/c1-26-17-13-16(14-18(15-17)27-2)7-8-21(25)23-11-9-22(10-12-23)19-5-3-4-6-20(19)24/h3-6,13-15,24H,7-12H2,1-2H3. The number of ether oxygens (including phenoxy) is 2. The minimum absolute atomic E-state index is 0.147. The molecule has 0 radical (unpaired) electrons. The van der Waals surface area contributed by atoms with E-state index in [1.165, 1.54) is 0 Å². The van der Waals surface area contributed by atoms with Crippen molar-refractivity contribution in [2.24, 2.45) is 0 Å². The fraction of sp³-hybridized carbons (Fsp3) is 0.381. The number of piperazine rings is 1. The molecule has 0 spiro atoms. The Morgan fingerprint density at radius 3 is 2.22 bits per heavy atom. The Balaban J connectivity index is 1.54. The van der Waals surface area contributed by atoms with Gasteiger partial charge in [-0.2, -0.15) is 0 Å². The van der Waals surface area contributed by atoms with Gasteiger partial charge in [0.1, 0.15) is 17.2 Å². The van der Waals surface area contributed by atoms with Gasteiger partial charge in [-0.1, -0.05) is 12.1 Å². The molecule has 0 unspecified atom stereocenters. The Labute approximate surface area is 159 Å². The average molecular weight is 370 g/mol. The van der Waals surface area contributed by atoms with Crippen LogP contribution in [-0.4, -0.2) is 56.3 Å². The van der Waals surface area contributed by atoms with Gasteiger partial charge in [-0.05, 0) is 36.2 Å². The molecule has 1 heterocycles. The summed E-state index contributed by atoms with van der Waals surface area (Å²) in [6.07, 6.45) is 1.10. The molecule has 0 aromatic heterocycles. The van der Waals surface area contributed by atoms with Crippen LogP contribution in [0.5, 0.6) is 17.2 Å². The smallest absolute Gasteiger partial charge is 0.223 e. The lowest BCUT2D eigenvalue weighted by molar-refractivity contribution is -0.131. The topological polar surface area (TPSA) is 62.2 Å². The van der Waals surface area contributed by atoms with Gasteiger partial charge in [-0.3, -0.25) is 4.79 Å². The number of aryl methyl sites for hydroxylation is 1. The number of carbonyl (C=O) groups excluding carboxylic acids is 1. The number of carbonyl (C=O) groups is 1. The molecule has 1 amide bonds. The van der Waals surface area contributed by atoms with E-state index in [0.717, 1.165) is 35.8 Å². The first-order chi connectivity index (χ1) is 13.1. The van der Waals surface area contributed by atoms with Crippen LogP contribution in [0.4, 0.5) is 5.69 Å². The quantitative estimate of drug-likeness (QED) is 0.847. The highest BCUT2D eigenvalue weighted by Crippen LogP contribution is 2.27. The maximum atomic E-state index is 12.6. The minimum atomic E-state index is 0.147. The molecule has 3 rings (SSSR count). The van der Waals surface area contributed by atoms with E-state index in [-0.39, 0.29) is 11.7 Å². The molecule has 1 fully saturated rings. The number of rotatable bonds is 6. The minimum Gasteiger partial charge on any atom is -0.506 e. The second-order valence-corrected chi connectivity index (χ2v) is 6.58. The lowest BCUT2D eigenvalue weighted by Crippen LogP contribution is -2.48. The number of aromatic hydroxyl groups is 1. The van der Waals surface area contributed by atoms with Crippen LogP contribution in [0.1, 0.15) is 12.0 Å². The van der Waals surface area contributed by atoms with Crippen LogP contribution < -0.4 is 14.4 Å². The molecular formula is C21H26N2O4. The van der Waals surface area contributed by atoms with Crippen LogP contribution in [-0.2, 0) is 11.2 Å². The van der Waals surface area contributed by atoms with E-state index in [9.17, 15) is 9.90 Å². The third-order valence-electron chi connectivity index (χ3n) is 4.89. The van der Waals surface area contributed by atoms with Gasteiger partial charge >= 0.3 is 0 Å². The van der Waals surface area contributed by atoms with Crippen molar-refractivity contribution in [3.05, 3.63) is 48.0 Å². The largest absolute Gasteiger partial charge is 0.506 e. The molecule has 6 heteroatoms. The van der Waals surface area contributed by atoms with Crippen molar-refractivity contribution >= 4 is 11.6 Å². The Morgan fingerprint density at radius 2 is 1.63 bits per heavy atom. The molecule has 2 aromatic carbocycles. The molecule has 1 saturated heterocycles. The fourth-order valence-electron chi connectivity index (χ4n) is 3.35. The van der Waals surface area contributed by atoms with Gasteiger partial charge in [0.2, 0.25) is 5.91 Å². The number of anilines is 1. The van der Waals surface area contributed by atoms with Gasteiger partial charge in [-0.15, -0.1) is 0 Å².